The molecular formula is C25H37N2O5P. The first-order chi connectivity index (χ1) is 15.5. The normalized spacial score (nSPS) is 23.5. The lowest BCUT2D eigenvalue weighted by Crippen LogP contribution is -2.52. The van der Waals surface area contributed by atoms with Gasteiger partial charge in [0.05, 0.1) is 26.2 Å². The van der Waals surface area contributed by atoms with Crippen LogP contribution in [0.15, 0.2) is 54.6 Å². The maximum atomic E-state index is 12.9. The van der Waals surface area contributed by atoms with E-state index in [-0.39, 0.29) is 5.91 Å². The quantitative estimate of drug-likeness (QED) is 0.399. The van der Waals surface area contributed by atoms with Crippen LogP contribution in [0.2, 0.25) is 0 Å². The van der Waals surface area contributed by atoms with Crippen molar-refractivity contribution in [3.8, 4) is 11.1 Å². The van der Waals surface area contributed by atoms with Crippen LogP contribution >= 0.6 is 7.82 Å². The Bertz CT molecular complexity index is 956. The second-order valence-corrected chi connectivity index (χ2v) is 10.1. The number of carbonyl (C=O) groups is 1. The summed E-state index contributed by atoms with van der Waals surface area (Å²) in [7, 11) is -4.89. The van der Waals surface area contributed by atoms with Crippen molar-refractivity contribution in [2.45, 2.75) is 45.4 Å². The Morgan fingerprint density at radius 1 is 1.15 bits per heavy atom. The molecule has 4 N–H and O–H groups in total. The summed E-state index contributed by atoms with van der Waals surface area (Å²) in [6.45, 7) is 10.9. The van der Waals surface area contributed by atoms with Crippen molar-refractivity contribution >= 4 is 13.7 Å². The first-order valence-corrected chi connectivity index (χ1v) is 13.1. The van der Waals surface area contributed by atoms with Crippen molar-refractivity contribution in [3.63, 3.8) is 0 Å². The largest absolute Gasteiger partial charge is 0.756 e. The van der Waals surface area contributed by atoms with Crippen LogP contribution in [0.25, 0.3) is 11.1 Å². The van der Waals surface area contributed by atoms with E-state index >= 15 is 0 Å². The third kappa shape index (κ3) is 7.23. The zero-order valence-corrected chi connectivity index (χ0v) is 20.7. The summed E-state index contributed by atoms with van der Waals surface area (Å²) < 4.78 is 9.77. The summed E-state index contributed by atoms with van der Waals surface area (Å²) in [4.78, 5) is 35.8. The average molecular weight is 477 g/mol. The zero-order valence-electron chi connectivity index (χ0n) is 19.8. The van der Waals surface area contributed by atoms with E-state index in [1.165, 1.54) is 12.8 Å². The number of primary amides is 1. The van der Waals surface area contributed by atoms with Gasteiger partial charge in [0, 0.05) is 6.42 Å². The number of phosphoric acid groups is 1. The molecule has 1 saturated heterocycles. The molecule has 0 spiro atoms. The number of benzene rings is 2. The molecule has 33 heavy (non-hydrogen) atoms. The molecule has 2 aromatic carbocycles. The molecule has 0 saturated carbocycles. The van der Waals surface area contributed by atoms with Gasteiger partial charge in [-0.2, -0.15) is 0 Å². The van der Waals surface area contributed by atoms with Gasteiger partial charge in [0.15, 0.2) is 0 Å². The van der Waals surface area contributed by atoms with Crippen molar-refractivity contribution in [2.75, 3.05) is 26.2 Å². The molecule has 1 fully saturated rings. The number of hydrogen-bond donors (Lipinski definition) is 3. The molecule has 1 amide bonds. The van der Waals surface area contributed by atoms with Crippen LogP contribution in [0.4, 0.5) is 0 Å². The minimum Gasteiger partial charge on any atom is -0.756 e. The second kappa shape index (κ2) is 11.4. The highest BCUT2D eigenvalue weighted by Crippen LogP contribution is 2.43. The molecular weight excluding hydrogens is 439 g/mol. The van der Waals surface area contributed by atoms with Gasteiger partial charge in [0.1, 0.15) is 5.41 Å². The van der Waals surface area contributed by atoms with Crippen molar-refractivity contribution in [1.82, 2.24) is 0 Å². The third-order valence-corrected chi connectivity index (χ3v) is 7.08. The topological polar surface area (TPSA) is 124 Å². The van der Waals surface area contributed by atoms with Gasteiger partial charge in [-0.25, -0.2) is 0 Å². The number of likely N-dealkylation sites (N-methyl/N-ethyl adjacent to an activating group) is 1. The molecule has 3 unspecified atom stereocenters. The number of likely N-dealkylation sites (tertiary alicyclic amines) is 1. The fraction of sp³-hybridized carbons (Fsp3) is 0.480. The molecule has 1 heterocycles. The van der Waals surface area contributed by atoms with Crippen LogP contribution in [-0.2, 0) is 14.8 Å². The molecule has 1 aliphatic heterocycles. The summed E-state index contributed by atoms with van der Waals surface area (Å²) in [5.74, 6) is 0.551. The van der Waals surface area contributed by atoms with Crippen LogP contribution in [0, 0.1) is 5.92 Å². The van der Waals surface area contributed by atoms with Crippen molar-refractivity contribution < 1.29 is 28.5 Å². The maximum Gasteiger partial charge on any atom is 0.262 e. The summed E-state index contributed by atoms with van der Waals surface area (Å²) >= 11 is 0. The van der Waals surface area contributed by atoms with Crippen LogP contribution in [0.5, 0.6) is 0 Å². The highest BCUT2D eigenvalue weighted by molar-refractivity contribution is 7.43. The van der Waals surface area contributed by atoms with Crippen LogP contribution in [0.1, 0.15) is 45.6 Å². The van der Waals surface area contributed by atoms with Gasteiger partial charge in [0.2, 0.25) is 5.91 Å². The Balaban J connectivity index is 0.000000696. The molecule has 3 atom stereocenters. The van der Waals surface area contributed by atoms with E-state index in [1.807, 2.05) is 12.1 Å². The number of quaternary nitrogens is 1. The molecule has 182 valence electrons. The predicted molar refractivity (Wildman–Crippen MR) is 129 cm³/mol. The van der Waals surface area contributed by atoms with E-state index < -0.39 is 13.2 Å². The summed E-state index contributed by atoms with van der Waals surface area (Å²) in [6, 6.07) is 18.7. The van der Waals surface area contributed by atoms with E-state index in [9.17, 15) is 4.79 Å². The summed E-state index contributed by atoms with van der Waals surface area (Å²) in [6.07, 6.45) is 3.25. The number of carbonyl (C=O) groups excluding carboxylic acids is 1. The second-order valence-electron chi connectivity index (χ2n) is 9.16. The first kappa shape index (κ1) is 27.2. The fourth-order valence-electron chi connectivity index (χ4n) is 4.80. The number of nitrogens with two attached hydrogens (primary N) is 1. The van der Waals surface area contributed by atoms with E-state index in [1.54, 1.807) is 0 Å². The van der Waals surface area contributed by atoms with E-state index in [4.69, 9.17) is 25.0 Å². The van der Waals surface area contributed by atoms with Crippen molar-refractivity contribution in [1.29, 1.82) is 0 Å². The molecule has 0 aliphatic carbocycles. The summed E-state index contributed by atoms with van der Waals surface area (Å²) in [5.41, 5.74) is 8.93. The standard InChI is InChI=1S/C25H34N2O.H3O4P/c1-4-20(3)15-17-27(5-2)18-16-25(19-27,24(26)28)23-14-10-9-13-22(23)21-11-7-6-8-12-21;1-5(2,3)4/h6-14,20H,4-5,15-19H2,1-3H3,(H-,26,28);(H3,1,2,3,4). The zero-order chi connectivity index (χ0) is 24.7. The maximum absolute atomic E-state index is 12.9. The van der Waals surface area contributed by atoms with E-state index in [2.05, 4.69) is 63.2 Å². The first-order valence-electron chi connectivity index (χ1n) is 11.5. The lowest BCUT2D eigenvalue weighted by atomic mass is 9.75. The summed E-state index contributed by atoms with van der Waals surface area (Å²) in [5, 5.41) is 0. The van der Waals surface area contributed by atoms with Crippen molar-refractivity contribution in [3.05, 3.63) is 60.2 Å². The molecule has 8 heteroatoms. The molecule has 3 rings (SSSR count). The Morgan fingerprint density at radius 2 is 1.73 bits per heavy atom. The average Bonchev–Trinajstić information content (AvgIpc) is 3.19. The lowest BCUT2D eigenvalue weighted by molar-refractivity contribution is -0.916. The van der Waals surface area contributed by atoms with Gasteiger partial charge in [-0.3, -0.25) is 9.36 Å². The Labute approximate surface area is 197 Å². The van der Waals surface area contributed by atoms with Crippen LogP contribution in [0.3, 0.4) is 0 Å². The van der Waals surface area contributed by atoms with Gasteiger partial charge in [-0.1, -0.05) is 74.9 Å². The van der Waals surface area contributed by atoms with Gasteiger partial charge in [-0.05, 0) is 36.0 Å². The van der Waals surface area contributed by atoms with Gasteiger partial charge in [0.25, 0.3) is 7.82 Å². The molecule has 7 nitrogen and oxygen atoms in total. The van der Waals surface area contributed by atoms with E-state index in [0.29, 0.717) is 0 Å². The third-order valence-electron chi connectivity index (χ3n) is 7.08. The molecule has 0 aromatic heterocycles. The Hall–Kier alpha value is -2.02. The van der Waals surface area contributed by atoms with Gasteiger partial charge < -0.3 is 24.9 Å². The molecule has 0 bridgehead atoms. The van der Waals surface area contributed by atoms with Crippen LogP contribution < -0.4 is 10.6 Å². The number of rotatable bonds is 8. The smallest absolute Gasteiger partial charge is 0.262 e. The highest BCUT2D eigenvalue weighted by Gasteiger charge is 2.53. The number of hydrogen-bond acceptors (Lipinski definition) is 3. The van der Waals surface area contributed by atoms with E-state index in [0.717, 1.165) is 59.7 Å². The van der Waals surface area contributed by atoms with Crippen LogP contribution in [-0.4, -0.2) is 46.4 Å². The van der Waals surface area contributed by atoms with Gasteiger partial charge >= 0.3 is 0 Å². The van der Waals surface area contributed by atoms with Gasteiger partial charge in [-0.15, -0.1) is 0 Å². The molecule has 1 aliphatic rings. The fourth-order valence-corrected chi connectivity index (χ4v) is 4.80. The lowest BCUT2D eigenvalue weighted by Gasteiger charge is -2.36. The predicted octanol–water partition coefficient (Wildman–Crippen LogP) is 3.19. The Morgan fingerprint density at radius 3 is 2.27 bits per heavy atom. The molecule has 2 aromatic rings. The van der Waals surface area contributed by atoms with Crippen molar-refractivity contribution in [2.24, 2.45) is 11.7 Å². The minimum absolute atomic E-state index is 0.173. The monoisotopic (exact) mass is 476 g/mol. The number of nitrogens with zero attached hydrogens (tertiary/aromatic N) is 1. The Kier molecular flexibility index (Phi) is 9.41. The highest BCUT2D eigenvalue weighted by atomic mass is 31.2. The number of amides is 1. The SMILES string of the molecule is CCC(C)CC[N+]1(CC)CCC(C(N)=O)(c2ccccc2-c2ccccc2)C1.O=P([O-])(O)O. The minimum atomic E-state index is -4.89. The molecule has 0 radical (unpaired) electrons.